The molecule has 0 N–H and O–H groups in total. The molecule has 1 rings (SSSR count). The second-order valence-corrected chi connectivity index (χ2v) is 4.47. The van der Waals surface area contributed by atoms with Crippen molar-refractivity contribution in [2.45, 2.75) is 18.9 Å². The molecule has 1 heterocycles. The van der Waals surface area contributed by atoms with Crippen LogP contribution in [0.1, 0.15) is 24.2 Å². The van der Waals surface area contributed by atoms with Gasteiger partial charge in [-0.05, 0) is 25.2 Å². The Bertz CT molecular complexity index is 327. The number of aromatic nitrogens is 1. The first-order chi connectivity index (χ1) is 7.81. The zero-order chi connectivity index (χ0) is 11.8. The number of nitrogens with zero attached hydrogens (tertiary/aromatic N) is 2. The topological polar surface area (TPSA) is 33.2 Å². The summed E-state index contributed by atoms with van der Waals surface area (Å²) in [5.74, 6) is 0.972. The molecular formula is C12H18N2OS. The zero-order valence-electron chi connectivity index (χ0n) is 9.85. The molecule has 0 saturated heterocycles. The quantitative estimate of drug-likeness (QED) is 0.539. The van der Waals surface area contributed by atoms with Crippen molar-refractivity contribution in [3.8, 4) is 0 Å². The molecule has 3 nitrogen and oxygen atoms in total. The van der Waals surface area contributed by atoms with E-state index < -0.39 is 0 Å². The lowest BCUT2D eigenvalue weighted by Gasteiger charge is -2.17. The summed E-state index contributed by atoms with van der Waals surface area (Å²) in [5.41, 5.74) is 0.687. The summed E-state index contributed by atoms with van der Waals surface area (Å²) in [4.78, 5) is 17.3. The Morgan fingerprint density at radius 2 is 2.19 bits per heavy atom. The maximum Gasteiger partial charge on any atom is 0.152 e. The van der Waals surface area contributed by atoms with Crippen LogP contribution in [-0.2, 0) is 0 Å². The standard InChI is InChI=1S/C12H18N2OS/c1-3-14(4-2)8-9-16-12-11(10-15)6-5-7-13-12/h5-7,10H,3-4,8-9H2,1-2H3. The highest BCUT2D eigenvalue weighted by Gasteiger charge is 2.04. The number of aldehydes is 1. The number of carbonyl (C=O) groups excluding carboxylic acids is 1. The van der Waals surface area contributed by atoms with Crippen LogP contribution in [-0.4, -0.2) is 41.6 Å². The van der Waals surface area contributed by atoms with Crippen molar-refractivity contribution in [3.63, 3.8) is 0 Å². The van der Waals surface area contributed by atoms with Crippen LogP contribution in [0.5, 0.6) is 0 Å². The minimum Gasteiger partial charge on any atom is -0.303 e. The van der Waals surface area contributed by atoms with Crippen molar-refractivity contribution >= 4 is 18.0 Å². The maximum absolute atomic E-state index is 10.8. The molecule has 0 fully saturated rings. The van der Waals surface area contributed by atoms with Crippen LogP contribution in [0.15, 0.2) is 23.4 Å². The van der Waals surface area contributed by atoms with Crippen molar-refractivity contribution in [3.05, 3.63) is 23.9 Å². The Labute approximate surface area is 101 Å². The summed E-state index contributed by atoms with van der Waals surface area (Å²) in [5, 5.41) is 0.838. The molecule has 88 valence electrons. The highest BCUT2D eigenvalue weighted by molar-refractivity contribution is 7.99. The first-order valence-electron chi connectivity index (χ1n) is 5.57. The van der Waals surface area contributed by atoms with E-state index in [0.717, 1.165) is 36.7 Å². The van der Waals surface area contributed by atoms with E-state index in [0.29, 0.717) is 5.56 Å². The van der Waals surface area contributed by atoms with Crippen molar-refractivity contribution in [1.29, 1.82) is 0 Å². The number of carbonyl (C=O) groups is 1. The van der Waals surface area contributed by atoms with E-state index in [4.69, 9.17) is 0 Å². The van der Waals surface area contributed by atoms with Gasteiger partial charge in [-0.15, -0.1) is 11.8 Å². The van der Waals surface area contributed by atoms with Crippen molar-refractivity contribution in [2.75, 3.05) is 25.4 Å². The fourth-order valence-corrected chi connectivity index (χ4v) is 2.39. The third kappa shape index (κ3) is 3.94. The molecule has 0 aliphatic heterocycles. The molecule has 0 spiro atoms. The highest BCUT2D eigenvalue weighted by atomic mass is 32.2. The number of hydrogen-bond donors (Lipinski definition) is 0. The van der Waals surface area contributed by atoms with Gasteiger partial charge in [0.2, 0.25) is 0 Å². The second kappa shape index (κ2) is 7.41. The molecule has 0 aliphatic carbocycles. The van der Waals surface area contributed by atoms with Crippen LogP contribution in [0.25, 0.3) is 0 Å². The third-order valence-electron chi connectivity index (χ3n) is 2.47. The van der Waals surface area contributed by atoms with Crippen LogP contribution in [0, 0.1) is 0 Å². The summed E-state index contributed by atoms with van der Waals surface area (Å²) in [6.07, 6.45) is 2.60. The summed E-state index contributed by atoms with van der Waals surface area (Å²) >= 11 is 1.65. The maximum atomic E-state index is 10.8. The van der Waals surface area contributed by atoms with Crippen LogP contribution >= 0.6 is 11.8 Å². The van der Waals surface area contributed by atoms with Crippen LogP contribution in [0.4, 0.5) is 0 Å². The SMILES string of the molecule is CCN(CC)CCSc1ncccc1C=O. The van der Waals surface area contributed by atoms with Crippen LogP contribution < -0.4 is 0 Å². The lowest BCUT2D eigenvalue weighted by Crippen LogP contribution is -2.25. The molecule has 0 aromatic carbocycles. The molecule has 0 bridgehead atoms. The third-order valence-corrected chi connectivity index (χ3v) is 3.47. The first-order valence-corrected chi connectivity index (χ1v) is 6.55. The van der Waals surface area contributed by atoms with Gasteiger partial charge < -0.3 is 4.90 Å². The van der Waals surface area contributed by atoms with Gasteiger partial charge >= 0.3 is 0 Å². The Morgan fingerprint density at radius 1 is 1.44 bits per heavy atom. The smallest absolute Gasteiger partial charge is 0.152 e. The van der Waals surface area contributed by atoms with Crippen LogP contribution in [0.2, 0.25) is 0 Å². The predicted octanol–water partition coefficient (Wildman–Crippen LogP) is 2.33. The molecule has 1 aromatic heterocycles. The van der Waals surface area contributed by atoms with E-state index in [1.807, 2.05) is 0 Å². The van der Waals surface area contributed by atoms with E-state index in [-0.39, 0.29) is 0 Å². The molecule has 0 unspecified atom stereocenters. The van der Waals surface area contributed by atoms with E-state index >= 15 is 0 Å². The first kappa shape index (κ1) is 13.2. The molecule has 0 atom stereocenters. The molecule has 4 heteroatoms. The number of rotatable bonds is 7. The number of hydrogen-bond acceptors (Lipinski definition) is 4. The highest BCUT2D eigenvalue weighted by Crippen LogP contribution is 2.18. The van der Waals surface area contributed by atoms with Gasteiger partial charge in [-0.1, -0.05) is 13.8 Å². The Hall–Kier alpha value is -0.870. The Morgan fingerprint density at radius 3 is 2.81 bits per heavy atom. The number of thioether (sulfide) groups is 1. The Balaban J connectivity index is 2.45. The molecular weight excluding hydrogens is 220 g/mol. The molecule has 1 aromatic rings. The van der Waals surface area contributed by atoms with Gasteiger partial charge in [0.15, 0.2) is 6.29 Å². The summed E-state index contributed by atoms with van der Waals surface area (Å²) in [6.45, 7) is 7.49. The molecule has 0 amide bonds. The van der Waals surface area contributed by atoms with Gasteiger partial charge in [0, 0.05) is 24.1 Å². The van der Waals surface area contributed by atoms with Crippen molar-refractivity contribution in [2.24, 2.45) is 0 Å². The van der Waals surface area contributed by atoms with Gasteiger partial charge in [-0.25, -0.2) is 4.98 Å². The lowest BCUT2D eigenvalue weighted by atomic mass is 10.3. The molecule has 0 aliphatic rings. The number of pyridine rings is 1. The van der Waals surface area contributed by atoms with Crippen LogP contribution in [0.3, 0.4) is 0 Å². The van der Waals surface area contributed by atoms with E-state index in [2.05, 4.69) is 23.7 Å². The minimum atomic E-state index is 0.687. The fraction of sp³-hybridized carbons (Fsp3) is 0.500. The molecule has 0 radical (unpaired) electrons. The molecule has 16 heavy (non-hydrogen) atoms. The second-order valence-electron chi connectivity index (χ2n) is 3.39. The van der Waals surface area contributed by atoms with Gasteiger partial charge in [-0.3, -0.25) is 4.79 Å². The van der Waals surface area contributed by atoms with E-state index in [1.54, 1.807) is 30.1 Å². The fourth-order valence-electron chi connectivity index (χ4n) is 1.42. The van der Waals surface area contributed by atoms with E-state index in [1.165, 1.54) is 0 Å². The van der Waals surface area contributed by atoms with Gasteiger partial charge in [0.05, 0.1) is 0 Å². The summed E-state index contributed by atoms with van der Waals surface area (Å²) in [7, 11) is 0. The monoisotopic (exact) mass is 238 g/mol. The van der Waals surface area contributed by atoms with E-state index in [9.17, 15) is 4.79 Å². The van der Waals surface area contributed by atoms with Gasteiger partial charge in [0.25, 0.3) is 0 Å². The normalized spacial score (nSPS) is 10.7. The summed E-state index contributed by atoms with van der Waals surface area (Å²) in [6, 6.07) is 3.60. The lowest BCUT2D eigenvalue weighted by molar-refractivity contribution is 0.112. The largest absolute Gasteiger partial charge is 0.303 e. The minimum absolute atomic E-state index is 0.687. The average molecular weight is 238 g/mol. The average Bonchev–Trinajstić information content (AvgIpc) is 2.35. The van der Waals surface area contributed by atoms with Gasteiger partial charge in [-0.2, -0.15) is 0 Å². The molecule has 0 saturated carbocycles. The predicted molar refractivity (Wildman–Crippen MR) is 68.1 cm³/mol. The zero-order valence-corrected chi connectivity index (χ0v) is 10.7. The Kier molecular flexibility index (Phi) is 6.11. The van der Waals surface area contributed by atoms with Gasteiger partial charge in [0.1, 0.15) is 5.03 Å². The van der Waals surface area contributed by atoms with Crippen molar-refractivity contribution in [1.82, 2.24) is 9.88 Å². The van der Waals surface area contributed by atoms with Crippen molar-refractivity contribution < 1.29 is 4.79 Å². The summed E-state index contributed by atoms with van der Waals surface area (Å²) < 4.78 is 0.